The van der Waals surface area contributed by atoms with Gasteiger partial charge in [0.1, 0.15) is 11.3 Å². The van der Waals surface area contributed by atoms with Crippen LogP contribution in [0.1, 0.15) is 13.3 Å². The van der Waals surface area contributed by atoms with Crippen molar-refractivity contribution in [2.75, 3.05) is 13.2 Å². The van der Waals surface area contributed by atoms with Gasteiger partial charge in [-0.05, 0) is 18.6 Å². The van der Waals surface area contributed by atoms with Crippen molar-refractivity contribution in [3.05, 3.63) is 29.6 Å². The predicted molar refractivity (Wildman–Crippen MR) is 59.5 cm³/mol. The number of ether oxygens (including phenoxy) is 1. The van der Waals surface area contributed by atoms with Crippen molar-refractivity contribution in [3.63, 3.8) is 0 Å². The van der Waals surface area contributed by atoms with E-state index in [9.17, 15) is 9.18 Å². The standard InChI is InChI=1S/C12H15FN2O2/c1-3-12(7-17-8-12)11(16)14-10-5-4-9(13)6-15(10)2/h4-6H,3,7-8H2,1-2H3. The quantitative estimate of drug-likeness (QED) is 0.772. The van der Waals surface area contributed by atoms with Crippen molar-refractivity contribution in [1.29, 1.82) is 0 Å². The largest absolute Gasteiger partial charge is 0.379 e. The first-order chi connectivity index (χ1) is 8.07. The van der Waals surface area contributed by atoms with Crippen LogP contribution < -0.4 is 5.49 Å². The number of amides is 1. The van der Waals surface area contributed by atoms with Gasteiger partial charge in [-0.15, -0.1) is 0 Å². The summed E-state index contributed by atoms with van der Waals surface area (Å²) in [6, 6.07) is 2.79. The number of aromatic nitrogens is 1. The number of hydrogen-bond acceptors (Lipinski definition) is 2. The average Bonchev–Trinajstić information content (AvgIpc) is 2.21. The Kier molecular flexibility index (Phi) is 3.11. The van der Waals surface area contributed by atoms with Crippen LogP contribution in [0.15, 0.2) is 23.3 Å². The Morgan fingerprint density at radius 1 is 1.59 bits per heavy atom. The number of carbonyl (C=O) groups excluding carboxylic acids is 1. The minimum atomic E-state index is -0.471. The molecule has 0 N–H and O–H groups in total. The molecule has 1 fully saturated rings. The monoisotopic (exact) mass is 238 g/mol. The molecule has 4 nitrogen and oxygen atoms in total. The highest BCUT2D eigenvalue weighted by atomic mass is 19.1. The number of halogens is 1. The third kappa shape index (κ3) is 2.15. The summed E-state index contributed by atoms with van der Waals surface area (Å²) >= 11 is 0. The van der Waals surface area contributed by atoms with Crippen molar-refractivity contribution in [2.24, 2.45) is 17.5 Å². The van der Waals surface area contributed by atoms with E-state index in [1.54, 1.807) is 7.05 Å². The van der Waals surface area contributed by atoms with Gasteiger partial charge in [-0.25, -0.2) is 4.39 Å². The van der Waals surface area contributed by atoms with Gasteiger partial charge in [0.2, 0.25) is 0 Å². The van der Waals surface area contributed by atoms with E-state index in [2.05, 4.69) is 4.99 Å². The van der Waals surface area contributed by atoms with Gasteiger partial charge in [0.05, 0.1) is 18.6 Å². The van der Waals surface area contributed by atoms with Crippen LogP contribution in [0.4, 0.5) is 4.39 Å². The van der Waals surface area contributed by atoms with Gasteiger partial charge in [-0.2, -0.15) is 4.99 Å². The van der Waals surface area contributed by atoms with Crippen molar-refractivity contribution in [2.45, 2.75) is 13.3 Å². The molecule has 2 heterocycles. The molecule has 0 bridgehead atoms. The zero-order valence-corrected chi connectivity index (χ0v) is 9.94. The van der Waals surface area contributed by atoms with Gasteiger partial charge in [0.25, 0.3) is 5.91 Å². The van der Waals surface area contributed by atoms with E-state index in [0.29, 0.717) is 25.1 Å². The van der Waals surface area contributed by atoms with Crippen molar-refractivity contribution < 1.29 is 13.9 Å². The zero-order valence-electron chi connectivity index (χ0n) is 9.94. The number of rotatable bonds is 2. The summed E-state index contributed by atoms with van der Waals surface area (Å²) in [6.07, 6.45) is 2.00. The fourth-order valence-corrected chi connectivity index (χ4v) is 1.73. The lowest BCUT2D eigenvalue weighted by Gasteiger charge is -2.37. The van der Waals surface area contributed by atoms with Crippen LogP contribution in [0.3, 0.4) is 0 Å². The van der Waals surface area contributed by atoms with Crippen LogP contribution in [-0.2, 0) is 16.6 Å². The van der Waals surface area contributed by atoms with E-state index in [-0.39, 0.29) is 11.7 Å². The number of aryl methyl sites for hydroxylation is 1. The Labute approximate surface area is 98.7 Å². The van der Waals surface area contributed by atoms with Crippen LogP contribution >= 0.6 is 0 Å². The summed E-state index contributed by atoms with van der Waals surface area (Å²) in [5.74, 6) is -0.537. The third-order valence-electron chi connectivity index (χ3n) is 3.17. The second kappa shape index (κ2) is 4.41. The molecule has 1 saturated heterocycles. The van der Waals surface area contributed by atoms with E-state index in [1.165, 1.54) is 22.9 Å². The molecule has 0 atom stereocenters. The van der Waals surface area contributed by atoms with Gasteiger partial charge >= 0.3 is 0 Å². The normalized spacial score (nSPS) is 18.9. The van der Waals surface area contributed by atoms with E-state index in [1.807, 2.05) is 6.92 Å². The Morgan fingerprint density at radius 3 is 2.76 bits per heavy atom. The molecule has 1 aliphatic heterocycles. The van der Waals surface area contributed by atoms with E-state index >= 15 is 0 Å². The highest BCUT2D eigenvalue weighted by Gasteiger charge is 2.44. The maximum Gasteiger partial charge on any atom is 0.258 e. The molecule has 92 valence electrons. The summed E-state index contributed by atoms with van der Waals surface area (Å²) in [5.41, 5.74) is -0.0161. The summed E-state index contributed by atoms with van der Waals surface area (Å²) in [6.45, 7) is 2.80. The third-order valence-corrected chi connectivity index (χ3v) is 3.17. The first kappa shape index (κ1) is 12.0. The Hall–Kier alpha value is -1.49. The van der Waals surface area contributed by atoms with E-state index in [4.69, 9.17) is 4.74 Å². The Morgan fingerprint density at radius 2 is 2.29 bits per heavy atom. The minimum absolute atomic E-state index is 0.187. The molecule has 1 amide bonds. The van der Waals surface area contributed by atoms with Gasteiger partial charge in [-0.1, -0.05) is 6.92 Å². The molecule has 1 aromatic rings. The lowest BCUT2D eigenvalue weighted by atomic mass is 9.82. The molecule has 17 heavy (non-hydrogen) atoms. The molecule has 5 heteroatoms. The van der Waals surface area contributed by atoms with Crippen LogP contribution in [0.25, 0.3) is 0 Å². The molecule has 0 aromatic carbocycles. The lowest BCUT2D eigenvalue weighted by Crippen LogP contribution is -2.48. The summed E-state index contributed by atoms with van der Waals surface area (Å²) in [7, 11) is 1.66. The second-order valence-electron chi connectivity index (χ2n) is 4.36. The molecule has 0 unspecified atom stereocenters. The van der Waals surface area contributed by atoms with Crippen LogP contribution in [0, 0.1) is 11.2 Å². The number of pyridine rings is 1. The van der Waals surface area contributed by atoms with Crippen molar-refractivity contribution in [3.8, 4) is 0 Å². The van der Waals surface area contributed by atoms with E-state index in [0.717, 1.165) is 0 Å². The fraction of sp³-hybridized carbons (Fsp3) is 0.500. The number of carbonyl (C=O) groups is 1. The Bertz CT molecular complexity index is 498. The average molecular weight is 238 g/mol. The molecule has 2 rings (SSSR count). The smallest absolute Gasteiger partial charge is 0.258 e. The highest BCUT2D eigenvalue weighted by molar-refractivity contribution is 5.84. The molecular formula is C12H15FN2O2. The highest BCUT2D eigenvalue weighted by Crippen LogP contribution is 2.32. The van der Waals surface area contributed by atoms with Crippen LogP contribution in [0.2, 0.25) is 0 Å². The first-order valence-corrected chi connectivity index (χ1v) is 5.56. The predicted octanol–water partition coefficient (Wildman–Crippen LogP) is 1.02. The Balaban J connectivity index is 2.33. The van der Waals surface area contributed by atoms with Gasteiger partial charge in [0.15, 0.2) is 0 Å². The molecule has 1 aliphatic rings. The first-order valence-electron chi connectivity index (χ1n) is 5.56. The lowest BCUT2D eigenvalue weighted by molar-refractivity contribution is -0.158. The molecule has 0 aliphatic carbocycles. The molecule has 1 aromatic heterocycles. The van der Waals surface area contributed by atoms with Crippen molar-refractivity contribution in [1.82, 2.24) is 4.57 Å². The van der Waals surface area contributed by atoms with E-state index < -0.39 is 5.41 Å². The molecule has 0 saturated carbocycles. The SMILES string of the molecule is CCC1(C(=O)N=c2ccc(F)cn2C)COC1. The second-order valence-corrected chi connectivity index (χ2v) is 4.36. The van der Waals surface area contributed by atoms with Gasteiger partial charge in [-0.3, -0.25) is 4.79 Å². The summed E-state index contributed by atoms with van der Waals surface area (Å²) in [5, 5.41) is 0. The molecule has 0 radical (unpaired) electrons. The fourth-order valence-electron chi connectivity index (χ4n) is 1.73. The molecule has 0 spiro atoms. The maximum atomic E-state index is 12.9. The number of hydrogen-bond donors (Lipinski definition) is 0. The van der Waals surface area contributed by atoms with Crippen molar-refractivity contribution >= 4 is 5.91 Å². The maximum absolute atomic E-state index is 12.9. The van der Waals surface area contributed by atoms with Gasteiger partial charge in [0, 0.05) is 13.2 Å². The molecular weight excluding hydrogens is 223 g/mol. The summed E-state index contributed by atoms with van der Waals surface area (Å²) in [4.78, 5) is 16.1. The zero-order chi connectivity index (χ0) is 12.5. The minimum Gasteiger partial charge on any atom is -0.379 e. The topological polar surface area (TPSA) is 43.6 Å². The summed E-state index contributed by atoms with van der Waals surface area (Å²) < 4.78 is 19.5. The van der Waals surface area contributed by atoms with Crippen LogP contribution in [0.5, 0.6) is 0 Å². The van der Waals surface area contributed by atoms with Gasteiger partial charge < -0.3 is 9.30 Å². The van der Waals surface area contributed by atoms with Crippen LogP contribution in [-0.4, -0.2) is 23.7 Å². The number of nitrogens with zero attached hydrogens (tertiary/aromatic N) is 2.